The lowest BCUT2D eigenvalue weighted by molar-refractivity contribution is -0.154. The summed E-state index contributed by atoms with van der Waals surface area (Å²) < 4.78 is 51.4. The quantitative estimate of drug-likeness (QED) is 0.0940. The molecule has 0 radical (unpaired) electrons. The molecule has 1 amide bonds. The van der Waals surface area contributed by atoms with E-state index in [2.05, 4.69) is 15.2 Å². The highest BCUT2D eigenvalue weighted by atomic mass is 32.2. The molecular formula is C40H42F3N3O4S. The van der Waals surface area contributed by atoms with E-state index in [4.69, 9.17) is 9.47 Å². The molecule has 3 heterocycles. The summed E-state index contributed by atoms with van der Waals surface area (Å²) in [5.41, 5.74) is 4.49. The average Bonchev–Trinajstić information content (AvgIpc) is 3.91. The Hall–Kier alpha value is -4.35. The van der Waals surface area contributed by atoms with Crippen LogP contribution in [0.4, 0.5) is 24.5 Å². The number of amides is 1. The number of aromatic nitrogens is 1. The molecule has 2 aliphatic heterocycles. The number of nitrogens with one attached hydrogen (secondary N) is 1. The van der Waals surface area contributed by atoms with Crippen molar-refractivity contribution in [2.75, 3.05) is 29.1 Å². The van der Waals surface area contributed by atoms with Crippen molar-refractivity contribution in [3.63, 3.8) is 0 Å². The van der Waals surface area contributed by atoms with Gasteiger partial charge < -0.3 is 19.7 Å². The summed E-state index contributed by atoms with van der Waals surface area (Å²) in [6.07, 6.45) is 0.0307. The molecule has 4 aromatic rings. The van der Waals surface area contributed by atoms with Crippen LogP contribution in [0.3, 0.4) is 0 Å². The van der Waals surface area contributed by atoms with Gasteiger partial charge in [-0.05, 0) is 111 Å². The molecule has 3 aromatic carbocycles. The number of anilines is 2. The van der Waals surface area contributed by atoms with Crippen LogP contribution in [0.15, 0.2) is 85.1 Å². The Morgan fingerprint density at radius 1 is 0.922 bits per heavy atom. The molecule has 0 aliphatic carbocycles. The summed E-state index contributed by atoms with van der Waals surface area (Å²) in [7, 11) is 0. The van der Waals surface area contributed by atoms with E-state index in [1.54, 1.807) is 30.1 Å². The summed E-state index contributed by atoms with van der Waals surface area (Å²) in [5, 5.41) is 3.10. The third-order valence-corrected chi connectivity index (χ3v) is 9.75. The number of esters is 1. The van der Waals surface area contributed by atoms with Gasteiger partial charge in [0.2, 0.25) is 0 Å². The van der Waals surface area contributed by atoms with Crippen LogP contribution in [0.2, 0.25) is 0 Å². The summed E-state index contributed by atoms with van der Waals surface area (Å²) in [5.74, 6) is 0.747. The SMILES string of the molecule is CC(C)(C)OC(=O)CCSCc1cccc(C(=O)Nc2ccc(N3CCCCC3)cc2-c2cc(C3OC3c3cccc(C(F)(F)F)c3)ccn2)c1. The number of carbonyl (C=O) groups excluding carboxylic acids is 2. The van der Waals surface area contributed by atoms with Crippen LogP contribution in [0.1, 0.15) is 91.3 Å². The maximum Gasteiger partial charge on any atom is 0.416 e. The Morgan fingerprint density at radius 3 is 2.41 bits per heavy atom. The van der Waals surface area contributed by atoms with Gasteiger partial charge in [-0.3, -0.25) is 14.6 Å². The number of piperidine rings is 1. The maximum absolute atomic E-state index is 13.7. The van der Waals surface area contributed by atoms with E-state index in [1.807, 2.05) is 69.3 Å². The molecule has 7 nitrogen and oxygen atoms in total. The molecule has 268 valence electrons. The fourth-order valence-electron chi connectivity index (χ4n) is 6.22. The van der Waals surface area contributed by atoms with E-state index in [-0.39, 0.29) is 11.9 Å². The van der Waals surface area contributed by atoms with Crippen molar-refractivity contribution in [3.8, 4) is 11.3 Å². The number of hydrogen-bond donors (Lipinski definition) is 1. The van der Waals surface area contributed by atoms with Gasteiger partial charge in [0.1, 0.15) is 17.8 Å². The molecule has 2 unspecified atom stereocenters. The molecule has 0 spiro atoms. The Bertz CT molecular complexity index is 1870. The van der Waals surface area contributed by atoms with Crippen molar-refractivity contribution in [2.24, 2.45) is 0 Å². The number of thioether (sulfide) groups is 1. The normalized spacial score (nSPS) is 17.6. The molecule has 11 heteroatoms. The molecular weight excluding hydrogens is 676 g/mol. The number of halogens is 3. The van der Waals surface area contributed by atoms with Crippen molar-refractivity contribution >= 4 is 35.0 Å². The second-order valence-corrected chi connectivity index (χ2v) is 15.0. The smallest absolute Gasteiger partial charge is 0.416 e. The summed E-state index contributed by atoms with van der Waals surface area (Å²) in [6, 6.07) is 22.3. The Labute approximate surface area is 300 Å². The predicted molar refractivity (Wildman–Crippen MR) is 195 cm³/mol. The van der Waals surface area contributed by atoms with Crippen molar-refractivity contribution in [1.82, 2.24) is 4.98 Å². The molecule has 0 bridgehead atoms. The number of carbonyl (C=O) groups is 2. The molecule has 2 saturated heterocycles. The third-order valence-electron chi connectivity index (χ3n) is 8.72. The van der Waals surface area contributed by atoms with Crippen molar-refractivity contribution < 1.29 is 32.2 Å². The van der Waals surface area contributed by atoms with Gasteiger partial charge >= 0.3 is 12.1 Å². The molecule has 1 N–H and O–H groups in total. The topological polar surface area (TPSA) is 84.1 Å². The van der Waals surface area contributed by atoms with Crippen LogP contribution in [0, 0.1) is 0 Å². The minimum atomic E-state index is -4.44. The third kappa shape index (κ3) is 9.71. The number of hydrogen-bond acceptors (Lipinski definition) is 7. The molecule has 1 aromatic heterocycles. The minimum Gasteiger partial charge on any atom is -0.460 e. The molecule has 2 atom stereocenters. The average molecular weight is 718 g/mol. The first-order chi connectivity index (χ1) is 24.3. The Balaban J connectivity index is 1.19. The van der Waals surface area contributed by atoms with E-state index in [1.165, 1.54) is 12.5 Å². The highest BCUT2D eigenvalue weighted by Gasteiger charge is 2.43. The van der Waals surface area contributed by atoms with Crippen LogP contribution >= 0.6 is 11.8 Å². The molecule has 2 aliphatic rings. The van der Waals surface area contributed by atoms with Gasteiger partial charge in [-0.2, -0.15) is 24.9 Å². The van der Waals surface area contributed by atoms with Crippen molar-refractivity contribution in [1.29, 1.82) is 0 Å². The van der Waals surface area contributed by atoms with E-state index in [0.29, 0.717) is 40.4 Å². The van der Waals surface area contributed by atoms with Crippen molar-refractivity contribution in [3.05, 3.63) is 113 Å². The Morgan fingerprint density at radius 2 is 1.67 bits per heavy atom. The van der Waals surface area contributed by atoms with Gasteiger partial charge in [-0.25, -0.2) is 0 Å². The van der Waals surface area contributed by atoms with Gasteiger partial charge in [-0.15, -0.1) is 0 Å². The first-order valence-electron chi connectivity index (χ1n) is 17.2. The number of rotatable bonds is 11. The van der Waals surface area contributed by atoms with E-state index >= 15 is 0 Å². The van der Waals surface area contributed by atoms with E-state index in [0.717, 1.165) is 60.4 Å². The lowest BCUT2D eigenvalue weighted by atomic mass is 10.00. The van der Waals surface area contributed by atoms with Gasteiger partial charge in [0.15, 0.2) is 0 Å². The van der Waals surface area contributed by atoms with Crippen LogP contribution in [-0.2, 0) is 26.2 Å². The molecule has 2 fully saturated rings. The fourth-order valence-corrected chi connectivity index (χ4v) is 7.09. The standard InChI is InChI=1S/C40H42F3N3O4S/c1-39(2,3)50-35(47)16-20-51-25-26-9-7-11-29(21-26)38(48)45-33-14-13-31(46-18-5-4-6-19-46)24-32(33)34-23-28(15-17-44-34)37-36(49-37)27-10-8-12-30(22-27)40(41,42)43/h7-15,17,21-24,36-37H,4-6,16,18-20,25H2,1-3H3,(H,45,48). The number of pyridine rings is 1. The number of benzene rings is 3. The van der Waals surface area contributed by atoms with Gasteiger partial charge in [0.05, 0.1) is 23.4 Å². The van der Waals surface area contributed by atoms with Crippen LogP contribution in [-0.4, -0.2) is 41.3 Å². The Kier molecular flexibility index (Phi) is 11.1. The second-order valence-electron chi connectivity index (χ2n) is 13.9. The number of alkyl halides is 3. The van der Waals surface area contributed by atoms with Gasteiger partial charge in [0, 0.05) is 47.6 Å². The zero-order valence-electron chi connectivity index (χ0n) is 29.0. The summed E-state index contributed by atoms with van der Waals surface area (Å²) in [4.78, 5) is 32.7. The van der Waals surface area contributed by atoms with Crippen LogP contribution in [0.5, 0.6) is 0 Å². The summed E-state index contributed by atoms with van der Waals surface area (Å²) in [6.45, 7) is 7.42. The van der Waals surface area contributed by atoms with E-state index in [9.17, 15) is 22.8 Å². The van der Waals surface area contributed by atoms with E-state index < -0.39 is 29.5 Å². The highest BCUT2D eigenvalue weighted by Crippen LogP contribution is 2.52. The lowest BCUT2D eigenvalue weighted by Crippen LogP contribution is -2.29. The first-order valence-corrected chi connectivity index (χ1v) is 18.4. The molecule has 0 saturated carbocycles. The number of epoxide rings is 1. The van der Waals surface area contributed by atoms with Gasteiger partial charge in [0.25, 0.3) is 5.91 Å². The zero-order chi connectivity index (χ0) is 36.2. The second kappa shape index (κ2) is 15.5. The zero-order valence-corrected chi connectivity index (χ0v) is 29.8. The van der Waals surface area contributed by atoms with Gasteiger partial charge in [-0.1, -0.05) is 24.3 Å². The number of ether oxygens (including phenoxy) is 2. The monoisotopic (exact) mass is 717 g/mol. The molecule has 6 rings (SSSR count). The first kappa shape index (κ1) is 36.4. The largest absolute Gasteiger partial charge is 0.460 e. The van der Waals surface area contributed by atoms with Crippen molar-refractivity contribution in [2.45, 2.75) is 76.2 Å². The maximum atomic E-state index is 13.7. The predicted octanol–water partition coefficient (Wildman–Crippen LogP) is 9.79. The minimum absolute atomic E-state index is 0.231. The number of nitrogens with zero attached hydrogens (tertiary/aromatic N) is 2. The van der Waals surface area contributed by atoms with Crippen LogP contribution < -0.4 is 10.2 Å². The fraction of sp³-hybridized carbons (Fsp3) is 0.375. The highest BCUT2D eigenvalue weighted by molar-refractivity contribution is 7.98. The van der Waals surface area contributed by atoms with Crippen LogP contribution in [0.25, 0.3) is 11.3 Å². The molecule has 51 heavy (non-hydrogen) atoms. The lowest BCUT2D eigenvalue weighted by Gasteiger charge is -2.29. The summed E-state index contributed by atoms with van der Waals surface area (Å²) >= 11 is 1.60.